The number of esters is 2. The smallest absolute Gasteiger partial charge is 0.305 e. The van der Waals surface area contributed by atoms with Crippen molar-refractivity contribution in [3.63, 3.8) is 0 Å². The second kappa shape index (κ2) is 45.5. The normalized spacial score (nSPS) is 12.7. The van der Waals surface area contributed by atoms with Crippen molar-refractivity contribution < 1.29 is 23.9 Å². The molecule has 0 fully saturated rings. The van der Waals surface area contributed by atoms with Crippen LogP contribution in [-0.2, 0) is 23.9 Å². The van der Waals surface area contributed by atoms with E-state index < -0.39 is 0 Å². The topological polar surface area (TPSA) is 84.9 Å². The van der Waals surface area contributed by atoms with Crippen LogP contribution in [0.3, 0.4) is 0 Å². The van der Waals surface area contributed by atoms with E-state index in [0.717, 1.165) is 51.6 Å². The quantitative estimate of drug-likeness (QED) is 0.0489. The molecule has 0 aliphatic rings. The van der Waals surface area contributed by atoms with Gasteiger partial charge in [-0.15, -0.1) is 0 Å². The molecule has 0 rings (SSSR count). The van der Waals surface area contributed by atoms with E-state index in [-0.39, 0.29) is 17.8 Å². The molecule has 0 aromatic heterocycles. The largest absolute Gasteiger partial charge is 0.465 e. The zero-order valence-electron chi connectivity index (χ0n) is 39.7. The number of amides is 1. The van der Waals surface area contributed by atoms with Crippen molar-refractivity contribution in [3.8, 4) is 0 Å². The van der Waals surface area contributed by atoms with Crippen molar-refractivity contribution in [3.05, 3.63) is 0 Å². The van der Waals surface area contributed by atoms with Gasteiger partial charge in [-0.25, -0.2) is 0 Å². The van der Waals surface area contributed by atoms with Crippen LogP contribution in [0.2, 0.25) is 0 Å². The maximum Gasteiger partial charge on any atom is 0.305 e. The number of rotatable bonds is 41. The number of ether oxygens (including phenoxy) is 2. The second-order valence-corrected chi connectivity index (χ2v) is 17.3. The molecule has 0 bridgehead atoms. The Kier molecular flexibility index (Phi) is 45.8. The molecular formula is C50H100N2O5. The summed E-state index contributed by atoms with van der Waals surface area (Å²) in [5.41, 5.74) is 0. The monoisotopic (exact) mass is 809 g/mol. The van der Waals surface area contributed by atoms with Gasteiger partial charge < -0.3 is 19.7 Å². The molecular weight excluding hydrogens is 709 g/mol. The van der Waals surface area contributed by atoms with Crippen LogP contribution in [-0.4, -0.2) is 62.1 Å². The predicted octanol–water partition coefficient (Wildman–Crippen LogP) is 14.3. The fraction of sp³-hybridized carbons (Fsp3) is 0.940. The first-order valence-electron chi connectivity index (χ1n) is 24.9. The summed E-state index contributed by atoms with van der Waals surface area (Å²) >= 11 is 0. The van der Waals surface area contributed by atoms with Gasteiger partial charge in [-0.1, -0.05) is 183 Å². The summed E-state index contributed by atoms with van der Waals surface area (Å²) in [7, 11) is 1.88. The van der Waals surface area contributed by atoms with E-state index in [1.54, 1.807) is 11.8 Å². The lowest BCUT2D eigenvalue weighted by molar-refractivity contribution is -0.146. The minimum atomic E-state index is -0.0139. The highest BCUT2D eigenvalue weighted by Crippen LogP contribution is 2.20. The van der Waals surface area contributed by atoms with E-state index in [0.29, 0.717) is 43.9 Å². The molecule has 0 aromatic carbocycles. The highest BCUT2D eigenvalue weighted by Gasteiger charge is 2.13. The van der Waals surface area contributed by atoms with Crippen LogP contribution in [0.5, 0.6) is 0 Å². The van der Waals surface area contributed by atoms with Gasteiger partial charge in [0.15, 0.2) is 0 Å². The number of carbonyl (C=O) groups excluding carboxylic acids is 3. The third-order valence-corrected chi connectivity index (χ3v) is 11.4. The zero-order chi connectivity index (χ0) is 42.6. The van der Waals surface area contributed by atoms with Crippen LogP contribution in [0, 0.1) is 11.8 Å². The highest BCUT2D eigenvalue weighted by atomic mass is 16.5. The SMILES string of the molecule is CCC.CCCCCCC(CC)COC(=O)CCCCCCCCC(CCCCCCCCC(=O)OCC(CCCC)CCCCCC)NCCCN(C)C(C)=O. The lowest BCUT2D eigenvalue weighted by Gasteiger charge is -2.20. The van der Waals surface area contributed by atoms with Gasteiger partial charge in [-0.2, -0.15) is 0 Å². The minimum absolute atomic E-state index is 0.00246. The lowest BCUT2D eigenvalue weighted by Crippen LogP contribution is -2.33. The number of hydrogen-bond acceptors (Lipinski definition) is 6. The number of carbonyl (C=O) groups is 3. The van der Waals surface area contributed by atoms with E-state index in [1.807, 2.05) is 7.05 Å². The summed E-state index contributed by atoms with van der Waals surface area (Å²) in [5.74, 6) is 1.16. The van der Waals surface area contributed by atoms with Gasteiger partial charge in [0.1, 0.15) is 0 Å². The average molecular weight is 809 g/mol. The van der Waals surface area contributed by atoms with Gasteiger partial charge in [0.25, 0.3) is 0 Å². The van der Waals surface area contributed by atoms with Crippen LogP contribution in [0.4, 0.5) is 0 Å². The molecule has 0 aromatic rings. The van der Waals surface area contributed by atoms with Crippen LogP contribution >= 0.6 is 0 Å². The van der Waals surface area contributed by atoms with Crippen LogP contribution in [0.15, 0.2) is 0 Å². The van der Waals surface area contributed by atoms with Crippen LogP contribution in [0.25, 0.3) is 0 Å². The Hall–Kier alpha value is -1.63. The van der Waals surface area contributed by atoms with Crippen molar-refractivity contribution in [1.82, 2.24) is 10.2 Å². The third kappa shape index (κ3) is 42.3. The first-order valence-corrected chi connectivity index (χ1v) is 24.9. The predicted molar refractivity (Wildman–Crippen MR) is 246 cm³/mol. The Labute approximate surface area is 356 Å². The molecule has 7 heteroatoms. The van der Waals surface area contributed by atoms with Gasteiger partial charge in [-0.05, 0) is 69.7 Å². The van der Waals surface area contributed by atoms with E-state index in [1.165, 1.54) is 154 Å². The Bertz CT molecular complexity index is 868. The molecule has 0 aliphatic carbocycles. The number of nitrogens with zero attached hydrogens (tertiary/aromatic N) is 1. The maximum atomic E-state index is 12.4. The zero-order valence-corrected chi connectivity index (χ0v) is 39.7. The first kappa shape index (κ1) is 57.5. The van der Waals surface area contributed by atoms with Crippen molar-refractivity contribution in [1.29, 1.82) is 0 Å². The molecule has 0 saturated heterocycles. The summed E-state index contributed by atoms with van der Waals surface area (Å²) in [5, 5.41) is 3.81. The van der Waals surface area contributed by atoms with Gasteiger partial charge in [0.2, 0.25) is 5.91 Å². The highest BCUT2D eigenvalue weighted by molar-refractivity contribution is 5.72. The number of unbranched alkanes of at least 4 members (excludes halogenated alkanes) is 17. The fourth-order valence-corrected chi connectivity index (χ4v) is 7.36. The first-order chi connectivity index (χ1) is 27.7. The van der Waals surface area contributed by atoms with E-state index in [4.69, 9.17) is 9.47 Å². The standard InChI is InChI=1S/C47H92N2O5.C3H8/c1-7-11-14-24-32-43(10-4)40-53-46(51)36-28-22-18-16-20-26-34-45(48-38-30-39-49(6)42(5)50)35-27-21-17-19-23-29-37-47(52)54-41-44(31-13-9-3)33-25-15-12-8-2;1-3-2/h43-45,48H,7-41H2,1-6H3;3H2,1-2H3. The molecule has 7 nitrogen and oxygen atoms in total. The van der Waals surface area contributed by atoms with Gasteiger partial charge >= 0.3 is 11.9 Å². The van der Waals surface area contributed by atoms with E-state index in [2.05, 4.69) is 46.9 Å². The molecule has 3 atom stereocenters. The van der Waals surface area contributed by atoms with Crippen LogP contribution in [0.1, 0.15) is 254 Å². The van der Waals surface area contributed by atoms with Crippen molar-refractivity contribution >= 4 is 17.8 Å². The lowest BCUT2D eigenvalue weighted by atomic mass is 9.96. The Morgan fingerprint density at radius 1 is 0.491 bits per heavy atom. The fourth-order valence-electron chi connectivity index (χ4n) is 7.36. The summed E-state index contributed by atoms with van der Waals surface area (Å²) in [6.07, 6.45) is 36.9. The summed E-state index contributed by atoms with van der Waals surface area (Å²) in [4.78, 5) is 38.1. The molecule has 57 heavy (non-hydrogen) atoms. The maximum absolute atomic E-state index is 12.4. The van der Waals surface area contributed by atoms with Crippen molar-refractivity contribution in [2.24, 2.45) is 11.8 Å². The van der Waals surface area contributed by atoms with Crippen molar-refractivity contribution in [2.45, 2.75) is 260 Å². The summed E-state index contributed by atoms with van der Waals surface area (Å²) in [6.45, 7) is 17.8. The molecule has 0 spiro atoms. The molecule has 0 aliphatic heterocycles. The Morgan fingerprint density at radius 3 is 1.33 bits per heavy atom. The molecule has 340 valence electrons. The summed E-state index contributed by atoms with van der Waals surface area (Å²) in [6, 6.07) is 0.531. The van der Waals surface area contributed by atoms with Gasteiger partial charge in [0, 0.05) is 39.4 Å². The number of nitrogens with one attached hydrogen (secondary N) is 1. The average Bonchev–Trinajstić information content (AvgIpc) is 3.20. The second-order valence-electron chi connectivity index (χ2n) is 17.3. The molecule has 1 amide bonds. The molecule has 0 heterocycles. The van der Waals surface area contributed by atoms with Crippen LogP contribution < -0.4 is 5.32 Å². The molecule has 1 N–H and O–H groups in total. The molecule has 3 unspecified atom stereocenters. The molecule has 0 saturated carbocycles. The Morgan fingerprint density at radius 2 is 0.877 bits per heavy atom. The van der Waals surface area contributed by atoms with Gasteiger partial charge in [-0.3, -0.25) is 14.4 Å². The minimum Gasteiger partial charge on any atom is -0.465 e. The molecule has 0 radical (unpaired) electrons. The van der Waals surface area contributed by atoms with Crippen molar-refractivity contribution in [2.75, 3.05) is 33.4 Å². The number of hydrogen-bond donors (Lipinski definition) is 1. The van der Waals surface area contributed by atoms with E-state index in [9.17, 15) is 14.4 Å². The van der Waals surface area contributed by atoms with E-state index >= 15 is 0 Å². The van der Waals surface area contributed by atoms with Gasteiger partial charge in [0.05, 0.1) is 13.2 Å². The summed E-state index contributed by atoms with van der Waals surface area (Å²) < 4.78 is 11.3. The third-order valence-electron chi connectivity index (χ3n) is 11.4. The Balaban J connectivity index is 0.